The van der Waals surface area contributed by atoms with Gasteiger partial charge in [0.15, 0.2) is 0 Å². The van der Waals surface area contributed by atoms with E-state index in [4.69, 9.17) is 5.11 Å². The molecule has 1 unspecified atom stereocenters. The van der Waals surface area contributed by atoms with Crippen LogP contribution in [-0.2, 0) is 32.7 Å². The van der Waals surface area contributed by atoms with Crippen molar-refractivity contribution >= 4 is 0 Å². The molecule has 0 aromatic rings. The molecule has 0 heterocycles. The van der Waals surface area contributed by atoms with Crippen LogP contribution in [0.4, 0.5) is 0 Å². The number of aliphatic hydroxyl groups is 1. The van der Waals surface area contributed by atoms with Gasteiger partial charge in [-0.3, -0.25) is 0 Å². The van der Waals surface area contributed by atoms with Crippen molar-refractivity contribution in [1.29, 1.82) is 0 Å². The maximum Gasteiger partial charge on any atom is 0 e. The average molecular weight is 161 g/mol. The van der Waals surface area contributed by atoms with E-state index in [1.54, 1.807) is 0 Å². The zero-order valence-electron chi connectivity index (χ0n) is 3.72. The Bertz CT molecular complexity index is 21.5. The summed E-state index contributed by atoms with van der Waals surface area (Å²) in [5, 5.41) is 8.19. The first-order chi connectivity index (χ1) is 2.27. The Morgan fingerprint density at radius 2 is 1.83 bits per heavy atom. The van der Waals surface area contributed by atoms with E-state index < -0.39 is 6.10 Å². The smallest absolute Gasteiger partial charge is 0 e. The van der Waals surface area contributed by atoms with Gasteiger partial charge in [0.25, 0.3) is 0 Å². The van der Waals surface area contributed by atoms with Crippen LogP contribution in [0.3, 0.4) is 0 Å². The topological polar surface area (TPSA) is 20.2 Å². The first kappa shape index (κ1) is 10.1. The van der Waals surface area contributed by atoms with Gasteiger partial charge >= 0.3 is 0 Å². The van der Waals surface area contributed by atoms with E-state index in [1.165, 1.54) is 0 Å². The van der Waals surface area contributed by atoms with Gasteiger partial charge in [-0.1, -0.05) is 6.10 Å². The Morgan fingerprint density at radius 3 is 1.83 bits per heavy atom. The van der Waals surface area contributed by atoms with Crippen LogP contribution in [0.1, 0.15) is 6.42 Å². The summed E-state index contributed by atoms with van der Waals surface area (Å²) in [7, 11) is 0. The van der Waals surface area contributed by atoms with E-state index in [9.17, 15) is 0 Å². The Labute approximate surface area is 64.0 Å². The van der Waals surface area contributed by atoms with Gasteiger partial charge < -0.3 is 19.0 Å². The number of hydrogen-bond donors (Lipinski definition) is 1. The van der Waals surface area contributed by atoms with Crippen LogP contribution in [-0.4, -0.2) is 11.2 Å². The molecule has 0 aromatic heterocycles. The molecule has 35 valence electrons. The number of hydrogen-bond acceptors (Lipinski definition) is 1. The summed E-state index contributed by atoms with van der Waals surface area (Å²) in [6.45, 7) is 6.62. The molecule has 1 N–H and O–H groups in total. The summed E-state index contributed by atoms with van der Waals surface area (Å²) in [5.74, 6) is 0. The van der Waals surface area contributed by atoms with E-state index >= 15 is 0 Å². The minimum absolute atomic E-state index is 0. The first-order valence-electron chi connectivity index (χ1n) is 1.57. The Kier molecular flexibility index (Phi) is 10.2. The first-order valence-corrected chi connectivity index (χ1v) is 1.57. The van der Waals surface area contributed by atoms with Crippen molar-refractivity contribution in [1.82, 2.24) is 0 Å². The second kappa shape index (κ2) is 6.06. The van der Waals surface area contributed by atoms with Gasteiger partial charge in [0.2, 0.25) is 0 Å². The molecule has 1 atom stereocenters. The number of aliphatic hydroxyl groups excluding tert-OH is 1. The summed E-state index contributed by atoms with van der Waals surface area (Å²) >= 11 is 0. The van der Waals surface area contributed by atoms with Crippen molar-refractivity contribution in [3.8, 4) is 0 Å². The summed E-state index contributed by atoms with van der Waals surface area (Å²) in [6, 6.07) is 0. The van der Waals surface area contributed by atoms with E-state index in [-0.39, 0.29) is 32.7 Å². The van der Waals surface area contributed by atoms with Crippen LogP contribution < -0.4 is 0 Å². The summed E-state index contributed by atoms with van der Waals surface area (Å²) in [5.41, 5.74) is 0. The zero-order chi connectivity index (χ0) is 4.28. The van der Waals surface area contributed by atoms with Gasteiger partial charge in [0.05, 0.1) is 0 Å². The molecular formula is C4H8OY-2. The largest absolute Gasteiger partial charge is 0.428 e. The molecule has 0 saturated heterocycles. The van der Waals surface area contributed by atoms with Crippen LogP contribution in [0.25, 0.3) is 0 Å². The number of rotatable bonds is 1. The van der Waals surface area contributed by atoms with E-state index in [2.05, 4.69) is 13.8 Å². The van der Waals surface area contributed by atoms with Crippen molar-refractivity contribution in [3.05, 3.63) is 13.8 Å². The van der Waals surface area contributed by atoms with Crippen molar-refractivity contribution in [3.63, 3.8) is 0 Å². The molecule has 1 radical (unpaired) electrons. The van der Waals surface area contributed by atoms with E-state index in [0.717, 1.165) is 0 Å². The Hall–Kier alpha value is 1.06. The van der Waals surface area contributed by atoms with Crippen LogP contribution >= 0.6 is 0 Å². The van der Waals surface area contributed by atoms with Crippen LogP contribution in [0.2, 0.25) is 0 Å². The third kappa shape index (κ3) is 8.91. The standard InChI is InChI=1S/C4H8O.Y/c1-3-4(2)5;/h4-5H,1-3H2;/q-2;. The summed E-state index contributed by atoms with van der Waals surface area (Å²) < 4.78 is 0. The molecule has 0 bridgehead atoms. The van der Waals surface area contributed by atoms with E-state index in [0.29, 0.717) is 6.42 Å². The van der Waals surface area contributed by atoms with Gasteiger partial charge in [-0.2, -0.15) is 6.42 Å². The molecule has 2 heteroatoms. The fraction of sp³-hybridized carbons (Fsp3) is 0.500. The van der Waals surface area contributed by atoms with Crippen molar-refractivity contribution < 1.29 is 37.8 Å². The molecule has 1 nitrogen and oxygen atoms in total. The predicted molar refractivity (Wildman–Crippen MR) is 21.3 cm³/mol. The molecule has 0 saturated carbocycles. The third-order valence-corrected chi connectivity index (χ3v) is 0.333. The fourth-order valence-electron chi connectivity index (χ4n) is 0. The normalized spacial score (nSPS) is 12.5. The molecule has 0 spiro atoms. The molecule has 6 heavy (non-hydrogen) atoms. The maximum atomic E-state index is 8.19. The quantitative estimate of drug-likeness (QED) is 0.552. The molecule has 0 aliphatic heterocycles. The van der Waals surface area contributed by atoms with Crippen LogP contribution in [0, 0.1) is 13.8 Å². The molecule has 0 rings (SSSR count). The molecule has 0 aliphatic rings. The van der Waals surface area contributed by atoms with Gasteiger partial charge in [-0.05, 0) is 0 Å². The molecular weight excluding hydrogens is 153 g/mol. The Balaban J connectivity index is 0. The second-order valence-electron chi connectivity index (χ2n) is 0.942. The van der Waals surface area contributed by atoms with Gasteiger partial charge in [0.1, 0.15) is 0 Å². The van der Waals surface area contributed by atoms with Gasteiger partial charge in [-0.15, -0.1) is 0 Å². The van der Waals surface area contributed by atoms with Crippen molar-refractivity contribution in [2.45, 2.75) is 12.5 Å². The monoisotopic (exact) mass is 161 g/mol. The molecule has 0 fully saturated rings. The zero-order valence-corrected chi connectivity index (χ0v) is 6.56. The predicted octanol–water partition coefficient (Wildman–Crippen LogP) is 0.403. The average Bonchev–Trinajstić information content (AvgIpc) is 1.38. The second-order valence-corrected chi connectivity index (χ2v) is 0.942. The van der Waals surface area contributed by atoms with Crippen molar-refractivity contribution in [2.24, 2.45) is 0 Å². The SMILES string of the molecule is [CH2-]CC([CH2-])O.[Y]. The molecule has 0 aromatic carbocycles. The molecule has 0 aliphatic carbocycles. The minimum atomic E-state index is -0.477. The van der Waals surface area contributed by atoms with Crippen LogP contribution in [0.5, 0.6) is 0 Å². The third-order valence-electron chi connectivity index (χ3n) is 0.333. The van der Waals surface area contributed by atoms with Crippen molar-refractivity contribution in [2.75, 3.05) is 0 Å². The van der Waals surface area contributed by atoms with Gasteiger partial charge in [0, 0.05) is 32.7 Å². The van der Waals surface area contributed by atoms with Gasteiger partial charge in [-0.25, -0.2) is 0 Å². The fourth-order valence-corrected chi connectivity index (χ4v) is 0. The minimum Gasteiger partial charge on any atom is -0.428 e. The Morgan fingerprint density at radius 1 is 1.67 bits per heavy atom. The maximum absolute atomic E-state index is 8.19. The van der Waals surface area contributed by atoms with Crippen LogP contribution in [0.15, 0.2) is 0 Å². The van der Waals surface area contributed by atoms with E-state index in [1.807, 2.05) is 0 Å². The summed E-state index contributed by atoms with van der Waals surface area (Å²) in [4.78, 5) is 0. The molecule has 0 amide bonds. The summed E-state index contributed by atoms with van der Waals surface area (Å²) in [6.07, 6.45) is 0.0231.